The Bertz CT molecular complexity index is 181. The molecule has 0 rings (SSSR count). The standard InChI is InChI=1S/C14H29S2.Sn/c1-4-5-6-7-8-9-10-11-12(2)13(3)14(15)16;/h12,14-16H,4-11H2,1-3H3;. The van der Waals surface area contributed by atoms with Crippen molar-refractivity contribution in [1.82, 2.24) is 0 Å². The van der Waals surface area contributed by atoms with Crippen molar-refractivity contribution >= 4 is 47.8 Å². The monoisotopic (exact) mass is 381 g/mol. The van der Waals surface area contributed by atoms with Crippen molar-refractivity contribution < 1.29 is 0 Å². The van der Waals surface area contributed by atoms with Crippen LogP contribution in [-0.2, 0) is 0 Å². The van der Waals surface area contributed by atoms with Crippen molar-refractivity contribution in [2.45, 2.75) is 80.2 Å². The Morgan fingerprint density at radius 2 is 1.47 bits per heavy atom. The zero-order chi connectivity index (χ0) is 13.3. The van der Waals surface area contributed by atoms with Crippen LogP contribution in [0.15, 0.2) is 0 Å². The zero-order valence-electron chi connectivity index (χ0n) is 11.7. The van der Waals surface area contributed by atoms with Gasteiger partial charge in [0.2, 0.25) is 0 Å². The molecule has 2 atom stereocenters. The molecular formula is C14H29S2Sn. The molecule has 101 valence electrons. The van der Waals surface area contributed by atoms with Gasteiger partial charge in [-0.3, -0.25) is 0 Å². The van der Waals surface area contributed by atoms with E-state index in [0.717, 1.165) is 5.92 Å². The molecule has 0 aromatic rings. The number of rotatable bonds is 10. The molecule has 0 fully saturated rings. The van der Waals surface area contributed by atoms with Crippen molar-refractivity contribution in [3.05, 3.63) is 0 Å². The van der Waals surface area contributed by atoms with Gasteiger partial charge in [-0.15, -0.1) is 0 Å². The van der Waals surface area contributed by atoms with Crippen molar-refractivity contribution in [3.63, 3.8) is 0 Å². The van der Waals surface area contributed by atoms with Crippen LogP contribution >= 0.6 is 25.3 Å². The van der Waals surface area contributed by atoms with Crippen molar-refractivity contribution in [2.75, 3.05) is 0 Å². The van der Waals surface area contributed by atoms with Crippen LogP contribution in [0.5, 0.6) is 0 Å². The quantitative estimate of drug-likeness (QED) is 0.219. The number of thiol groups is 2. The van der Waals surface area contributed by atoms with Crippen LogP contribution in [0, 0.1) is 5.92 Å². The van der Waals surface area contributed by atoms with Gasteiger partial charge in [0.05, 0.1) is 0 Å². The molecule has 0 aliphatic carbocycles. The van der Waals surface area contributed by atoms with Gasteiger partial charge in [-0.05, 0) is 0 Å². The van der Waals surface area contributed by atoms with E-state index >= 15 is 0 Å². The predicted molar refractivity (Wildman–Crippen MR) is 87.7 cm³/mol. The number of unbranched alkanes of at least 4 members (excludes halogenated alkanes) is 6. The Balaban J connectivity index is 3.54. The summed E-state index contributed by atoms with van der Waals surface area (Å²) in [5.41, 5.74) is 0. The molecule has 0 bridgehead atoms. The van der Waals surface area contributed by atoms with Gasteiger partial charge in [-0.1, -0.05) is 0 Å². The van der Waals surface area contributed by atoms with E-state index in [9.17, 15) is 0 Å². The van der Waals surface area contributed by atoms with Gasteiger partial charge in [0, 0.05) is 0 Å². The topological polar surface area (TPSA) is 0 Å². The molecule has 0 aliphatic heterocycles. The summed E-state index contributed by atoms with van der Waals surface area (Å²) in [6.45, 7) is 6.96. The molecule has 0 saturated heterocycles. The first-order valence-electron chi connectivity index (χ1n) is 7.04. The zero-order valence-corrected chi connectivity index (χ0v) is 16.3. The maximum atomic E-state index is 4.51. The third-order valence-corrected chi connectivity index (χ3v) is 8.49. The summed E-state index contributed by atoms with van der Waals surface area (Å²) in [6.07, 6.45) is 11.2. The molecule has 0 amide bonds. The molecule has 17 heavy (non-hydrogen) atoms. The minimum atomic E-state index is 0.222. The molecule has 0 saturated carbocycles. The van der Waals surface area contributed by atoms with Crippen molar-refractivity contribution in [1.29, 1.82) is 0 Å². The maximum absolute atomic E-state index is 4.51. The van der Waals surface area contributed by atoms with E-state index in [1.165, 1.54) is 51.4 Å². The van der Waals surface area contributed by atoms with Gasteiger partial charge in [-0.25, -0.2) is 0 Å². The average Bonchev–Trinajstić information content (AvgIpc) is 2.27. The predicted octanol–water partition coefficient (Wildman–Crippen LogP) is 5.30. The van der Waals surface area contributed by atoms with E-state index in [2.05, 4.69) is 46.0 Å². The second kappa shape index (κ2) is 10.3. The number of hydrogen-bond donors (Lipinski definition) is 2. The fourth-order valence-corrected chi connectivity index (χ4v) is 2.88. The van der Waals surface area contributed by atoms with Gasteiger partial charge in [-0.2, -0.15) is 0 Å². The van der Waals surface area contributed by atoms with E-state index < -0.39 is 0 Å². The van der Waals surface area contributed by atoms with Crippen LogP contribution in [0.4, 0.5) is 0 Å². The molecule has 0 aromatic carbocycles. The van der Waals surface area contributed by atoms with E-state index in [-0.39, 0.29) is 4.58 Å². The van der Waals surface area contributed by atoms with Gasteiger partial charge in [0.15, 0.2) is 0 Å². The summed E-state index contributed by atoms with van der Waals surface area (Å²) in [5, 5.41) is 0. The van der Waals surface area contributed by atoms with Crippen LogP contribution in [0.25, 0.3) is 0 Å². The molecule has 3 radical (unpaired) electrons. The molecular weight excluding hydrogens is 351 g/mol. The Morgan fingerprint density at radius 1 is 1.00 bits per heavy atom. The van der Waals surface area contributed by atoms with Crippen LogP contribution in [0.2, 0.25) is 3.43 Å². The third kappa shape index (κ3) is 8.30. The van der Waals surface area contributed by atoms with Gasteiger partial charge >= 0.3 is 134 Å². The van der Waals surface area contributed by atoms with Crippen LogP contribution in [0.3, 0.4) is 0 Å². The first kappa shape index (κ1) is 18.5. The summed E-state index contributed by atoms with van der Waals surface area (Å²) in [6, 6.07) is 0. The number of hydrogen-bond acceptors (Lipinski definition) is 2. The summed E-state index contributed by atoms with van der Waals surface area (Å²) < 4.78 is 0.543. The molecule has 0 aliphatic rings. The summed E-state index contributed by atoms with van der Waals surface area (Å²) in [5.74, 6) is 0.747. The summed E-state index contributed by atoms with van der Waals surface area (Å²) in [4.78, 5) is 0. The molecule has 0 nitrogen and oxygen atoms in total. The van der Waals surface area contributed by atoms with Crippen molar-refractivity contribution in [2.24, 2.45) is 5.92 Å². The van der Waals surface area contributed by atoms with E-state index in [0.29, 0.717) is 3.43 Å². The minimum absolute atomic E-state index is 0.222. The van der Waals surface area contributed by atoms with Gasteiger partial charge < -0.3 is 0 Å². The van der Waals surface area contributed by atoms with E-state index in [4.69, 9.17) is 0 Å². The average molecular weight is 380 g/mol. The van der Waals surface area contributed by atoms with Crippen LogP contribution in [-0.4, -0.2) is 27.1 Å². The molecule has 0 spiro atoms. The Kier molecular flexibility index (Phi) is 11.2. The first-order chi connectivity index (χ1) is 7.92. The molecule has 2 unspecified atom stereocenters. The normalized spacial score (nSPS) is 17.1. The Morgan fingerprint density at radius 3 is 1.94 bits per heavy atom. The van der Waals surface area contributed by atoms with Crippen molar-refractivity contribution in [3.8, 4) is 0 Å². The molecule has 0 N–H and O–H groups in total. The van der Waals surface area contributed by atoms with E-state index in [1.807, 2.05) is 0 Å². The van der Waals surface area contributed by atoms with Gasteiger partial charge in [0.25, 0.3) is 0 Å². The summed E-state index contributed by atoms with van der Waals surface area (Å²) >= 11 is 10.6. The molecule has 0 heterocycles. The SMILES string of the molecule is CCCCCCCCCC(C)[C](C)([Sn])C(S)S. The fraction of sp³-hybridized carbons (Fsp3) is 1.00. The van der Waals surface area contributed by atoms with Crippen LogP contribution in [0.1, 0.15) is 72.1 Å². The molecule has 0 aromatic heterocycles. The van der Waals surface area contributed by atoms with Crippen LogP contribution < -0.4 is 0 Å². The Labute approximate surface area is 133 Å². The first-order valence-corrected chi connectivity index (χ1v) is 9.50. The third-order valence-electron chi connectivity index (χ3n) is 3.80. The second-order valence-electron chi connectivity index (χ2n) is 5.47. The summed E-state index contributed by atoms with van der Waals surface area (Å²) in [7, 11) is 0. The second-order valence-corrected chi connectivity index (χ2v) is 9.98. The fourth-order valence-electron chi connectivity index (χ4n) is 1.96. The Hall–Kier alpha value is 1.50. The van der Waals surface area contributed by atoms with E-state index in [1.54, 1.807) is 22.5 Å². The molecule has 3 heteroatoms. The van der Waals surface area contributed by atoms with Gasteiger partial charge in [0.1, 0.15) is 0 Å².